The molecule has 1 aromatic heterocycles. The van der Waals surface area contributed by atoms with E-state index in [0.29, 0.717) is 15.0 Å². The maximum Gasteiger partial charge on any atom is 0.139 e. The highest BCUT2D eigenvalue weighted by atomic mass is 79.9. The van der Waals surface area contributed by atoms with Crippen LogP contribution in [0.2, 0.25) is 5.02 Å². The fraction of sp³-hybridized carbons (Fsp3) is 0.250. The lowest BCUT2D eigenvalue weighted by molar-refractivity contribution is 0.622. The molecule has 0 unspecified atom stereocenters. The first-order valence-electron chi connectivity index (χ1n) is 4.94. The van der Waals surface area contributed by atoms with Crippen LogP contribution in [0, 0.1) is 5.82 Å². The molecule has 1 aromatic carbocycles. The zero-order valence-corrected chi connectivity index (χ0v) is 11.2. The van der Waals surface area contributed by atoms with Crippen molar-refractivity contribution in [2.45, 2.75) is 19.8 Å². The second kappa shape index (κ2) is 4.30. The summed E-state index contributed by atoms with van der Waals surface area (Å²) in [5.41, 5.74) is 1.47. The van der Waals surface area contributed by atoms with Crippen LogP contribution >= 0.6 is 27.5 Å². The van der Waals surface area contributed by atoms with Crippen molar-refractivity contribution in [1.82, 2.24) is 4.98 Å². The summed E-state index contributed by atoms with van der Waals surface area (Å²) in [7, 11) is 0. The summed E-state index contributed by atoms with van der Waals surface area (Å²) in [5, 5.41) is 1.37. The third kappa shape index (κ3) is 2.06. The molecule has 0 amide bonds. The van der Waals surface area contributed by atoms with E-state index in [9.17, 15) is 4.39 Å². The van der Waals surface area contributed by atoms with Crippen molar-refractivity contribution in [2.75, 3.05) is 0 Å². The molecule has 0 aliphatic carbocycles. The Hall–Kier alpha value is -0.670. The molecule has 0 atom stereocenters. The summed E-state index contributed by atoms with van der Waals surface area (Å²) in [4.78, 5) is 4.39. The lowest BCUT2D eigenvalue weighted by atomic mass is 10.1. The molecule has 0 aliphatic heterocycles. The van der Waals surface area contributed by atoms with Gasteiger partial charge in [-0.15, -0.1) is 0 Å². The molecule has 0 N–H and O–H groups in total. The largest absolute Gasteiger partial charge is 0.252 e. The molecule has 2 aromatic rings. The fourth-order valence-corrected chi connectivity index (χ4v) is 2.10. The Kier molecular flexibility index (Phi) is 3.17. The fourth-order valence-electron chi connectivity index (χ4n) is 1.49. The normalized spacial score (nSPS) is 11.4. The number of hydrogen-bond acceptors (Lipinski definition) is 1. The topological polar surface area (TPSA) is 12.9 Å². The molecule has 0 radical (unpaired) electrons. The van der Waals surface area contributed by atoms with E-state index in [1.165, 1.54) is 6.07 Å². The van der Waals surface area contributed by atoms with Crippen LogP contribution in [0.1, 0.15) is 25.5 Å². The van der Waals surface area contributed by atoms with E-state index in [1.54, 1.807) is 6.07 Å². The van der Waals surface area contributed by atoms with E-state index in [2.05, 4.69) is 20.9 Å². The van der Waals surface area contributed by atoms with E-state index < -0.39 is 0 Å². The van der Waals surface area contributed by atoms with Crippen molar-refractivity contribution in [1.29, 1.82) is 0 Å². The molecular formula is C12H10BrClFN. The van der Waals surface area contributed by atoms with Crippen LogP contribution in [0.4, 0.5) is 4.39 Å². The number of nitrogens with zero attached hydrogens (tertiary/aromatic N) is 1. The molecule has 84 valence electrons. The Labute approximate surface area is 107 Å². The van der Waals surface area contributed by atoms with Gasteiger partial charge in [-0.3, -0.25) is 4.98 Å². The van der Waals surface area contributed by atoms with Gasteiger partial charge in [0.25, 0.3) is 0 Å². The van der Waals surface area contributed by atoms with Crippen LogP contribution in [0.25, 0.3) is 10.9 Å². The standard InChI is InChI=1S/C12H10BrClFN/c1-6(2)11-4-9(14)7-3-8(13)10(15)5-12(7)16-11/h3-6H,1-2H3. The number of pyridine rings is 1. The van der Waals surface area contributed by atoms with Crippen LogP contribution in [-0.4, -0.2) is 4.98 Å². The molecule has 16 heavy (non-hydrogen) atoms. The molecule has 1 nitrogen and oxygen atoms in total. The molecule has 0 bridgehead atoms. The van der Waals surface area contributed by atoms with Gasteiger partial charge in [-0.1, -0.05) is 25.4 Å². The van der Waals surface area contributed by atoms with Crippen molar-refractivity contribution in [3.05, 3.63) is 39.2 Å². The highest BCUT2D eigenvalue weighted by Crippen LogP contribution is 2.29. The molecule has 0 spiro atoms. The van der Waals surface area contributed by atoms with Crippen molar-refractivity contribution >= 4 is 38.4 Å². The Morgan fingerprint density at radius 2 is 2.00 bits per heavy atom. The molecule has 2 rings (SSSR count). The monoisotopic (exact) mass is 301 g/mol. The Morgan fingerprint density at radius 1 is 1.31 bits per heavy atom. The van der Waals surface area contributed by atoms with Crippen molar-refractivity contribution < 1.29 is 4.39 Å². The van der Waals surface area contributed by atoms with Crippen molar-refractivity contribution in [3.8, 4) is 0 Å². The number of aromatic nitrogens is 1. The smallest absolute Gasteiger partial charge is 0.139 e. The molecule has 0 aliphatic rings. The SMILES string of the molecule is CC(C)c1cc(Cl)c2cc(Br)c(F)cc2n1. The minimum absolute atomic E-state index is 0.272. The molecule has 4 heteroatoms. The van der Waals surface area contributed by atoms with Gasteiger partial charge in [-0.25, -0.2) is 4.39 Å². The van der Waals surface area contributed by atoms with E-state index in [0.717, 1.165) is 11.1 Å². The maximum atomic E-state index is 13.4. The van der Waals surface area contributed by atoms with Gasteiger partial charge in [0.15, 0.2) is 0 Å². The summed E-state index contributed by atoms with van der Waals surface area (Å²) in [6.07, 6.45) is 0. The number of halogens is 3. The van der Waals surface area contributed by atoms with Gasteiger partial charge >= 0.3 is 0 Å². The van der Waals surface area contributed by atoms with Crippen LogP contribution in [0.5, 0.6) is 0 Å². The van der Waals surface area contributed by atoms with Gasteiger partial charge in [0.2, 0.25) is 0 Å². The van der Waals surface area contributed by atoms with Crippen LogP contribution in [0.3, 0.4) is 0 Å². The van der Waals surface area contributed by atoms with Gasteiger partial charge in [0.1, 0.15) is 5.82 Å². The number of rotatable bonds is 1. The Balaban J connectivity index is 2.77. The van der Waals surface area contributed by atoms with Gasteiger partial charge in [-0.05, 0) is 34.0 Å². The number of benzene rings is 1. The van der Waals surface area contributed by atoms with Crippen molar-refractivity contribution in [2.24, 2.45) is 0 Å². The minimum Gasteiger partial charge on any atom is -0.252 e. The first-order chi connectivity index (χ1) is 7.49. The minimum atomic E-state index is -0.322. The summed E-state index contributed by atoms with van der Waals surface area (Å²) in [6.45, 7) is 4.05. The summed E-state index contributed by atoms with van der Waals surface area (Å²) < 4.78 is 13.8. The predicted molar refractivity (Wildman–Crippen MR) is 68.5 cm³/mol. The van der Waals surface area contributed by atoms with Crippen LogP contribution in [-0.2, 0) is 0 Å². The molecular weight excluding hydrogens is 292 g/mol. The van der Waals surface area contributed by atoms with E-state index in [-0.39, 0.29) is 11.7 Å². The summed E-state index contributed by atoms with van der Waals surface area (Å²) in [5.74, 6) is -0.0504. The maximum absolute atomic E-state index is 13.4. The zero-order chi connectivity index (χ0) is 11.9. The highest BCUT2D eigenvalue weighted by molar-refractivity contribution is 9.10. The van der Waals surface area contributed by atoms with Crippen LogP contribution in [0.15, 0.2) is 22.7 Å². The first-order valence-corrected chi connectivity index (χ1v) is 6.11. The molecule has 0 saturated carbocycles. The molecule has 1 heterocycles. The summed E-state index contributed by atoms with van der Waals surface area (Å²) >= 11 is 9.28. The van der Waals surface area contributed by atoms with Gasteiger partial charge in [0, 0.05) is 17.1 Å². The Bertz CT molecular complexity index is 554. The third-order valence-electron chi connectivity index (χ3n) is 2.41. The van der Waals surface area contributed by atoms with Gasteiger partial charge < -0.3 is 0 Å². The first kappa shape index (κ1) is 11.8. The van der Waals surface area contributed by atoms with E-state index in [1.807, 2.05) is 19.9 Å². The molecule has 0 fully saturated rings. The number of fused-ring (bicyclic) bond motifs is 1. The Morgan fingerprint density at radius 3 is 2.62 bits per heavy atom. The summed E-state index contributed by atoms with van der Waals surface area (Å²) in [6, 6.07) is 4.89. The second-order valence-corrected chi connectivity index (χ2v) is 5.23. The molecule has 0 saturated heterocycles. The van der Waals surface area contributed by atoms with Gasteiger partial charge in [0.05, 0.1) is 15.0 Å². The highest BCUT2D eigenvalue weighted by Gasteiger charge is 2.10. The second-order valence-electron chi connectivity index (χ2n) is 3.97. The van der Waals surface area contributed by atoms with E-state index in [4.69, 9.17) is 11.6 Å². The average molecular weight is 303 g/mol. The lowest BCUT2D eigenvalue weighted by Crippen LogP contribution is -1.94. The quantitative estimate of drug-likeness (QED) is 0.729. The van der Waals surface area contributed by atoms with E-state index >= 15 is 0 Å². The zero-order valence-electron chi connectivity index (χ0n) is 8.89. The van der Waals surface area contributed by atoms with Crippen LogP contribution < -0.4 is 0 Å². The van der Waals surface area contributed by atoms with Crippen molar-refractivity contribution in [3.63, 3.8) is 0 Å². The lowest BCUT2D eigenvalue weighted by Gasteiger charge is -2.08. The van der Waals surface area contributed by atoms with Gasteiger partial charge in [-0.2, -0.15) is 0 Å². The average Bonchev–Trinajstić information content (AvgIpc) is 2.20. The number of hydrogen-bond donors (Lipinski definition) is 0. The third-order valence-corrected chi connectivity index (χ3v) is 3.33. The predicted octanol–water partition coefficient (Wildman–Crippen LogP) is 4.91.